The van der Waals surface area contributed by atoms with Gasteiger partial charge in [0.2, 0.25) is 0 Å². The Morgan fingerprint density at radius 2 is 1.04 bits per heavy atom. The fraction of sp³-hybridized carbons (Fsp3) is 0.0732. The van der Waals surface area contributed by atoms with Crippen LogP contribution in [0.2, 0.25) is 0 Å². The van der Waals surface area contributed by atoms with Crippen molar-refractivity contribution >= 4 is 59.6 Å². The second-order valence-corrected chi connectivity index (χ2v) is 12.9. The van der Waals surface area contributed by atoms with E-state index in [4.69, 9.17) is 0 Å². The summed E-state index contributed by atoms with van der Waals surface area (Å²) in [5, 5.41) is 7.17. The summed E-state index contributed by atoms with van der Waals surface area (Å²) in [5.74, 6) is 0. The fourth-order valence-corrected chi connectivity index (χ4v) is 8.13. The maximum atomic E-state index is 13.8. The van der Waals surface area contributed by atoms with Crippen LogP contribution in [-0.2, 0) is 5.41 Å². The number of para-hydroxylation sites is 2. The largest absolute Gasteiger partial charge is 0.309 e. The van der Waals surface area contributed by atoms with Crippen LogP contribution in [0.4, 0.5) is 0 Å². The molecule has 0 aliphatic carbocycles. The molecule has 0 spiro atoms. The second kappa shape index (κ2) is 8.25. The first-order chi connectivity index (χ1) is 21.9. The number of rotatable bonds is 1. The zero-order chi connectivity index (χ0) is 30.2. The van der Waals surface area contributed by atoms with E-state index in [1.165, 1.54) is 43.0 Å². The molecule has 0 radical (unpaired) electrons. The molecule has 4 nitrogen and oxygen atoms in total. The van der Waals surface area contributed by atoms with Crippen LogP contribution in [0.5, 0.6) is 0 Å². The Balaban J connectivity index is 1.33. The first kappa shape index (κ1) is 24.7. The van der Waals surface area contributed by atoms with Crippen molar-refractivity contribution in [1.29, 1.82) is 0 Å². The lowest BCUT2D eigenvalue weighted by Crippen LogP contribution is -2.27. The molecular weight excluding hydrogens is 552 g/mol. The first-order valence-electron chi connectivity index (χ1n) is 15.4. The molecule has 212 valence electrons. The Kier molecular flexibility index (Phi) is 4.52. The van der Waals surface area contributed by atoms with Crippen molar-refractivity contribution < 1.29 is 0 Å². The van der Waals surface area contributed by atoms with Crippen molar-refractivity contribution in [2.75, 3.05) is 0 Å². The quantitative estimate of drug-likeness (QED) is 0.144. The molecule has 3 aromatic heterocycles. The number of fused-ring (bicyclic) bond motifs is 9. The predicted molar refractivity (Wildman–Crippen MR) is 186 cm³/mol. The fourth-order valence-electron chi connectivity index (χ4n) is 8.13. The molecule has 10 rings (SSSR count). The summed E-state index contributed by atoms with van der Waals surface area (Å²) in [5.41, 5.74) is 8.34. The maximum Gasteiger partial charge on any atom is 0.266 e. The number of hydrogen-bond acceptors (Lipinski definition) is 2. The number of benzene rings is 6. The highest BCUT2D eigenvalue weighted by Crippen LogP contribution is 2.48. The monoisotopic (exact) mass is 578 g/mol. The normalized spacial score (nSPS) is 13.9. The van der Waals surface area contributed by atoms with Crippen LogP contribution in [0.25, 0.3) is 76.5 Å². The minimum absolute atomic E-state index is 0.230. The number of aromatic nitrogens is 2. The smallest absolute Gasteiger partial charge is 0.266 e. The molecule has 0 unspecified atom stereocenters. The van der Waals surface area contributed by atoms with E-state index in [1.807, 2.05) is 48.5 Å². The van der Waals surface area contributed by atoms with E-state index in [1.54, 1.807) is 0 Å². The van der Waals surface area contributed by atoms with Gasteiger partial charge in [0.1, 0.15) is 0 Å². The summed E-state index contributed by atoms with van der Waals surface area (Å²) in [7, 11) is 0. The summed E-state index contributed by atoms with van der Waals surface area (Å²) in [6.07, 6.45) is 0. The van der Waals surface area contributed by atoms with Gasteiger partial charge >= 0.3 is 0 Å². The van der Waals surface area contributed by atoms with Gasteiger partial charge in [-0.15, -0.1) is 0 Å². The molecule has 0 atom stereocenters. The van der Waals surface area contributed by atoms with Gasteiger partial charge < -0.3 is 4.57 Å². The molecule has 0 N–H and O–H groups in total. The van der Waals surface area contributed by atoms with Crippen LogP contribution in [0, 0.1) is 0 Å². The van der Waals surface area contributed by atoms with E-state index in [-0.39, 0.29) is 16.5 Å². The second-order valence-electron chi connectivity index (χ2n) is 12.9. The lowest BCUT2D eigenvalue weighted by Gasteiger charge is -2.35. The van der Waals surface area contributed by atoms with E-state index in [0.29, 0.717) is 16.3 Å². The van der Waals surface area contributed by atoms with E-state index in [9.17, 15) is 9.59 Å². The van der Waals surface area contributed by atoms with E-state index >= 15 is 0 Å². The molecule has 0 fully saturated rings. The maximum absolute atomic E-state index is 13.8. The van der Waals surface area contributed by atoms with Gasteiger partial charge in [0.25, 0.3) is 11.1 Å². The summed E-state index contributed by atoms with van der Waals surface area (Å²) < 4.78 is 3.82. The van der Waals surface area contributed by atoms with Gasteiger partial charge in [-0.3, -0.25) is 9.59 Å². The van der Waals surface area contributed by atoms with Crippen LogP contribution < -0.4 is 11.1 Å². The summed E-state index contributed by atoms with van der Waals surface area (Å²) >= 11 is 0. The minimum atomic E-state index is -0.272. The molecule has 0 amide bonds. The van der Waals surface area contributed by atoms with Gasteiger partial charge in [-0.2, -0.15) is 0 Å². The Hall–Kier alpha value is -5.74. The van der Waals surface area contributed by atoms with E-state index in [2.05, 4.69) is 91.2 Å². The number of hydrogen-bond donors (Lipinski definition) is 0. The lowest BCUT2D eigenvalue weighted by molar-refractivity contribution is 0.630. The van der Waals surface area contributed by atoms with Crippen molar-refractivity contribution in [3.8, 4) is 16.8 Å². The summed E-state index contributed by atoms with van der Waals surface area (Å²) in [6, 6.07) is 41.8. The summed E-state index contributed by atoms with van der Waals surface area (Å²) in [6.45, 7) is 4.65. The third kappa shape index (κ3) is 2.96. The van der Waals surface area contributed by atoms with Crippen molar-refractivity contribution in [3.63, 3.8) is 0 Å². The molecule has 9 aromatic rings. The predicted octanol–water partition coefficient (Wildman–Crippen LogP) is 8.96. The average Bonchev–Trinajstić information content (AvgIpc) is 3.41. The first-order valence-corrected chi connectivity index (χ1v) is 15.4. The molecule has 6 aromatic carbocycles. The van der Waals surface area contributed by atoms with Crippen molar-refractivity contribution in [2.24, 2.45) is 0 Å². The van der Waals surface area contributed by atoms with Gasteiger partial charge in [-0.05, 0) is 75.5 Å². The Labute approximate surface area is 257 Å². The van der Waals surface area contributed by atoms with Crippen molar-refractivity contribution in [2.45, 2.75) is 19.3 Å². The van der Waals surface area contributed by atoms with Gasteiger partial charge in [0, 0.05) is 37.7 Å². The van der Waals surface area contributed by atoms with Crippen LogP contribution in [0.15, 0.2) is 131 Å². The lowest BCUT2D eigenvalue weighted by atomic mass is 9.74. The average molecular weight is 579 g/mol. The van der Waals surface area contributed by atoms with Gasteiger partial charge in [-0.1, -0.05) is 92.7 Å². The van der Waals surface area contributed by atoms with Crippen LogP contribution in [0.1, 0.15) is 25.0 Å². The third-order valence-corrected chi connectivity index (χ3v) is 10.2. The van der Waals surface area contributed by atoms with Gasteiger partial charge in [-0.25, -0.2) is 4.40 Å². The van der Waals surface area contributed by atoms with Gasteiger partial charge in [0.15, 0.2) is 0 Å². The van der Waals surface area contributed by atoms with Gasteiger partial charge in [0.05, 0.1) is 22.2 Å². The Morgan fingerprint density at radius 3 is 1.71 bits per heavy atom. The SMILES string of the molecule is CC1(C)c2cc(-c3cc4c5ccccc5c(=O)n5c(=O)c6ccccc6c(c3)c45)ccc2-n2c3ccccc3c3cccc1c32. The van der Waals surface area contributed by atoms with Crippen LogP contribution in [0.3, 0.4) is 0 Å². The zero-order valence-electron chi connectivity index (χ0n) is 24.8. The number of pyridine rings is 2. The number of nitrogens with zero attached hydrogens (tertiary/aromatic N) is 2. The van der Waals surface area contributed by atoms with E-state index < -0.39 is 0 Å². The zero-order valence-corrected chi connectivity index (χ0v) is 24.8. The molecule has 4 heteroatoms. The highest BCUT2D eigenvalue weighted by atomic mass is 16.2. The molecule has 0 saturated carbocycles. The summed E-state index contributed by atoms with van der Waals surface area (Å²) in [4.78, 5) is 27.5. The standard InChI is InChI=1S/C41H26N2O2/c1-41(2)33-16-9-15-28-27-12-7-8-17-35(27)42(38(28)33)36-19-18-23(22-34(36)41)24-20-31-25-10-3-5-13-29(25)39(44)43-37(31)32(21-24)26-11-4-6-14-30(26)40(43)45/h3-22H,1-2H3. The highest BCUT2D eigenvalue weighted by Gasteiger charge is 2.35. The highest BCUT2D eigenvalue weighted by molar-refractivity contribution is 6.19. The molecule has 1 aliphatic heterocycles. The topological polar surface area (TPSA) is 43.5 Å². The third-order valence-electron chi connectivity index (χ3n) is 10.2. The molecule has 0 saturated heterocycles. The van der Waals surface area contributed by atoms with Crippen LogP contribution in [-0.4, -0.2) is 8.97 Å². The molecule has 0 bridgehead atoms. The molecule has 1 aliphatic rings. The molecule has 4 heterocycles. The Morgan fingerprint density at radius 1 is 0.467 bits per heavy atom. The van der Waals surface area contributed by atoms with Crippen molar-refractivity contribution in [1.82, 2.24) is 8.97 Å². The van der Waals surface area contributed by atoms with Crippen molar-refractivity contribution in [3.05, 3.63) is 153 Å². The van der Waals surface area contributed by atoms with Crippen LogP contribution >= 0.6 is 0 Å². The molecule has 45 heavy (non-hydrogen) atoms. The Bertz CT molecular complexity index is 2790. The van der Waals surface area contributed by atoms with E-state index in [0.717, 1.165) is 32.7 Å². The minimum Gasteiger partial charge on any atom is -0.309 e. The molecular formula is C41H26N2O2.